The smallest absolute Gasteiger partial charge is 0.245 e. The number of amides is 1. The van der Waals surface area contributed by atoms with E-state index in [0.717, 1.165) is 45.1 Å². The maximum atomic E-state index is 13.1. The maximum Gasteiger partial charge on any atom is 0.245 e. The zero-order chi connectivity index (χ0) is 19.6. The van der Waals surface area contributed by atoms with Crippen molar-refractivity contribution in [2.24, 2.45) is 10.7 Å². The fourth-order valence-corrected chi connectivity index (χ4v) is 3.51. The number of aliphatic imine (C=N–C) groups is 1. The van der Waals surface area contributed by atoms with Crippen LogP contribution in [-0.4, -0.2) is 54.8 Å². The number of hydrogen-bond acceptors (Lipinski definition) is 6. The van der Waals surface area contributed by atoms with Crippen molar-refractivity contribution in [1.82, 2.24) is 10.2 Å². The van der Waals surface area contributed by atoms with E-state index < -0.39 is 0 Å². The second-order valence-electron chi connectivity index (χ2n) is 7.01. The SMILES string of the molecule is C\C=C/C(=N/C=C/N[C@@H](CCCCC)C(=O)N1CCC[C@H]1C1OC1N)OC. The number of carbonyl (C=O) groups excluding carboxylic acids is 1. The van der Waals surface area contributed by atoms with Crippen LogP contribution in [0.5, 0.6) is 0 Å². The third kappa shape index (κ3) is 6.36. The van der Waals surface area contributed by atoms with Gasteiger partial charge in [0.1, 0.15) is 18.4 Å². The first-order valence-electron chi connectivity index (χ1n) is 9.99. The Morgan fingerprint density at radius 2 is 2.26 bits per heavy atom. The van der Waals surface area contributed by atoms with E-state index in [9.17, 15) is 4.79 Å². The van der Waals surface area contributed by atoms with Gasteiger partial charge in [0.25, 0.3) is 0 Å². The summed E-state index contributed by atoms with van der Waals surface area (Å²) in [5.41, 5.74) is 5.83. The van der Waals surface area contributed by atoms with E-state index in [1.165, 1.54) is 0 Å². The number of nitrogens with one attached hydrogen (secondary N) is 1. The number of carbonyl (C=O) groups is 1. The highest BCUT2D eigenvalue weighted by Gasteiger charge is 2.48. The van der Waals surface area contributed by atoms with Crippen LogP contribution in [0.3, 0.4) is 0 Å². The Hall–Kier alpha value is -1.86. The summed E-state index contributed by atoms with van der Waals surface area (Å²) in [7, 11) is 1.58. The van der Waals surface area contributed by atoms with Crippen LogP contribution in [0.1, 0.15) is 52.4 Å². The summed E-state index contributed by atoms with van der Waals surface area (Å²) in [5.74, 6) is 0.647. The molecular weight excluding hydrogens is 344 g/mol. The van der Waals surface area contributed by atoms with Crippen LogP contribution in [0.2, 0.25) is 0 Å². The predicted molar refractivity (Wildman–Crippen MR) is 107 cm³/mol. The van der Waals surface area contributed by atoms with Gasteiger partial charge in [0.15, 0.2) is 0 Å². The zero-order valence-corrected chi connectivity index (χ0v) is 16.8. The molecule has 2 aliphatic heterocycles. The molecule has 0 radical (unpaired) electrons. The van der Waals surface area contributed by atoms with E-state index in [-0.39, 0.29) is 30.3 Å². The van der Waals surface area contributed by atoms with Gasteiger partial charge in [-0.1, -0.05) is 32.3 Å². The van der Waals surface area contributed by atoms with Crippen molar-refractivity contribution in [3.05, 3.63) is 24.6 Å². The predicted octanol–water partition coefficient (Wildman–Crippen LogP) is 2.29. The molecule has 0 aromatic heterocycles. The summed E-state index contributed by atoms with van der Waals surface area (Å²) < 4.78 is 10.6. The second kappa shape index (κ2) is 11.1. The Balaban J connectivity index is 1.98. The Labute approximate surface area is 162 Å². The van der Waals surface area contributed by atoms with E-state index >= 15 is 0 Å². The molecule has 152 valence electrons. The van der Waals surface area contributed by atoms with Gasteiger partial charge in [-0.25, -0.2) is 4.99 Å². The number of likely N-dealkylation sites (tertiary alicyclic amines) is 1. The van der Waals surface area contributed by atoms with Crippen LogP contribution >= 0.6 is 0 Å². The Kier molecular flexibility index (Phi) is 8.81. The summed E-state index contributed by atoms with van der Waals surface area (Å²) in [5, 5.41) is 3.24. The van der Waals surface area contributed by atoms with Crippen LogP contribution in [-0.2, 0) is 14.3 Å². The summed E-state index contributed by atoms with van der Waals surface area (Å²) >= 11 is 0. The summed E-state index contributed by atoms with van der Waals surface area (Å²) in [6.45, 7) is 4.84. The summed E-state index contributed by atoms with van der Waals surface area (Å²) in [4.78, 5) is 19.3. The number of allylic oxidation sites excluding steroid dienone is 1. The molecule has 0 aromatic carbocycles. The van der Waals surface area contributed by atoms with Crippen molar-refractivity contribution in [2.45, 2.75) is 76.8 Å². The van der Waals surface area contributed by atoms with Gasteiger partial charge in [0.2, 0.25) is 11.8 Å². The van der Waals surface area contributed by atoms with Gasteiger partial charge in [-0.05, 0) is 32.3 Å². The van der Waals surface area contributed by atoms with E-state index in [1.54, 1.807) is 25.6 Å². The van der Waals surface area contributed by atoms with Gasteiger partial charge in [-0.3, -0.25) is 4.79 Å². The van der Waals surface area contributed by atoms with Crippen LogP contribution in [0.4, 0.5) is 0 Å². The van der Waals surface area contributed by atoms with Crippen molar-refractivity contribution in [1.29, 1.82) is 0 Å². The Morgan fingerprint density at radius 3 is 2.89 bits per heavy atom. The van der Waals surface area contributed by atoms with Crippen LogP contribution in [0.25, 0.3) is 0 Å². The highest BCUT2D eigenvalue weighted by atomic mass is 16.6. The topological polar surface area (TPSA) is 92.5 Å². The molecule has 3 N–H and O–H groups in total. The normalized spacial score (nSPS) is 26.7. The zero-order valence-electron chi connectivity index (χ0n) is 16.8. The fourth-order valence-electron chi connectivity index (χ4n) is 3.51. The van der Waals surface area contributed by atoms with E-state index in [1.807, 2.05) is 17.9 Å². The van der Waals surface area contributed by atoms with E-state index in [0.29, 0.717) is 5.90 Å². The molecule has 0 bridgehead atoms. The molecule has 7 heteroatoms. The molecule has 2 unspecified atom stereocenters. The number of ether oxygens (including phenoxy) is 2. The first-order valence-corrected chi connectivity index (χ1v) is 9.99. The molecule has 2 fully saturated rings. The van der Waals surface area contributed by atoms with Gasteiger partial charge >= 0.3 is 0 Å². The molecular formula is C20H34N4O3. The molecule has 0 aromatic rings. The third-order valence-electron chi connectivity index (χ3n) is 5.01. The van der Waals surface area contributed by atoms with Gasteiger partial charge in [0, 0.05) is 18.9 Å². The van der Waals surface area contributed by atoms with Crippen molar-refractivity contribution in [3.8, 4) is 0 Å². The average Bonchev–Trinajstić information content (AvgIpc) is 3.19. The van der Waals surface area contributed by atoms with Crippen molar-refractivity contribution in [3.63, 3.8) is 0 Å². The number of nitrogens with two attached hydrogens (primary N) is 1. The third-order valence-corrected chi connectivity index (χ3v) is 5.01. The number of rotatable bonds is 10. The minimum absolute atomic E-state index is 0.00187. The number of nitrogens with zero attached hydrogens (tertiary/aromatic N) is 2. The van der Waals surface area contributed by atoms with Crippen LogP contribution < -0.4 is 11.1 Å². The molecule has 0 aliphatic carbocycles. The largest absolute Gasteiger partial charge is 0.481 e. The monoisotopic (exact) mass is 378 g/mol. The Morgan fingerprint density at radius 1 is 1.48 bits per heavy atom. The lowest BCUT2D eigenvalue weighted by Crippen LogP contribution is -2.49. The lowest BCUT2D eigenvalue weighted by molar-refractivity contribution is -0.134. The maximum absolute atomic E-state index is 13.1. The van der Waals surface area contributed by atoms with Crippen LogP contribution in [0.15, 0.2) is 29.5 Å². The minimum Gasteiger partial charge on any atom is -0.481 e. The van der Waals surface area contributed by atoms with Gasteiger partial charge in [-0.2, -0.15) is 0 Å². The number of epoxide rings is 1. The lowest BCUT2D eigenvalue weighted by Gasteiger charge is -2.28. The molecule has 2 rings (SSSR count). The van der Waals surface area contributed by atoms with Crippen molar-refractivity contribution >= 4 is 11.8 Å². The standard InChI is InChI=1S/C20H34N4O3/c1-4-6-7-10-15(22-12-13-23-17(26-3)9-5-2)20(25)24-14-8-11-16(24)18-19(21)27-18/h5,9,12-13,15-16,18-19,22H,4,6-8,10-11,14,21H2,1-3H3/b9-5-,13-12+,23-17-/t15-,16-,18?,19?/m0/s1. The summed E-state index contributed by atoms with van der Waals surface area (Å²) in [6, 6.07) is -0.147. The second-order valence-corrected chi connectivity index (χ2v) is 7.01. The van der Waals surface area contributed by atoms with Gasteiger partial charge in [0.05, 0.1) is 13.2 Å². The first-order chi connectivity index (χ1) is 13.1. The fraction of sp³-hybridized carbons (Fsp3) is 0.700. The lowest BCUT2D eigenvalue weighted by atomic mass is 10.1. The molecule has 2 saturated heterocycles. The number of methoxy groups -OCH3 is 1. The van der Waals surface area contributed by atoms with Gasteiger partial charge < -0.3 is 25.4 Å². The van der Waals surface area contributed by atoms with Crippen molar-refractivity contribution < 1.29 is 14.3 Å². The van der Waals surface area contributed by atoms with E-state index in [2.05, 4.69) is 17.2 Å². The molecule has 1 amide bonds. The quantitative estimate of drug-likeness (QED) is 0.263. The summed E-state index contributed by atoms with van der Waals surface area (Å²) in [6.07, 6.45) is 12.8. The van der Waals surface area contributed by atoms with E-state index in [4.69, 9.17) is 15.2 Å². The molecule has 0 spiro atoms. The molecule has 2 heterocycles. The van der Waals surface area contributed by atoms with Crippen LogP contribution in [0, 0.1) is 0 Å². The molecule has 7 nitrogen and oxygen atoms in total. The number of hydrogen-bond donors (Lipinski definition) is 2. The molecule has 4 atom stereocenters. The highest BCUT2D eigenvalue weighted by molar-refractivity contribution is 5.87. The number of unbranched alkanes of at least 4 members (excludes halogenated alkanes) is 2. The molecule has 2 aliphatic rings. The Bertz CT molecular complexity index is 561. The first kappa shape index (κ1) is 21.4. The molecule has 27 heavy (non-hydrogen) atoms. The highest BCUT2D eigenvalue weighted by Crippen LogP contribution is 2.32. The van der Waals surface area contributed by atoms with Crippen molar-refractivity contribution in [2.75, 3.05) is 13.7 Å². The average molecular weight is 379 g/mol. The molecule has 0 saturated carbocycles. The minimum atomic E-state index is -0.258. The van der Waals surface area contributed by atoms with Gasteiger partial charge in [-0.15, -0.1) is 0 Å².